The fourth-order valence-electron chi connectivity index (χ4n) is 4.04. The third kappa shape index (κ3) is 15.0. The highest BCUT2D eigenvalue weighted by Gasteiger charge is 2.15. The number of methoxy groups -OCH3 is 1. The van der Waals surface area contributed by atoms with Crippen molar-refractivity contribution in [3.63, 3.8) is 0 Å². The molecule has 6 nitrogen and oxygen atoms in total. The van der Waals surface area contributed by atoms with Crippen LogP contribution in [0.3, 0.4) is 0 Å². The molecular weight excluding hydrogens is 779 g/mol. The number of carbonyl (C=O) groups excluding carboxylic acids is 2. The quantitative estimate of drug-likeness (QED) is 0.0932. The number of ether oxygens (including phenoxy) is 1. The summed E-state index contributed by atoms with van der Waals surface area (Å²) >= 11 is 18.3. The second-order valence-corrected chi connectivity index (χ2v) is 12.3. The largest absolute Gasteiger partial charge is 0.496 e. The predicted octanol–water partition coefficient (Wildman–Crippen LogP) is 10.1. The van der Waals surface area contributed by atoms with Gasteiger partial charge in [0.2, 0.25) is 6.08 Å². The molecule has 1 N–H and O–H groups in total. The second-order valence-electron chi connectivity index (χ2n) is 9.86. The molecule has 0 aliphatic carbocycles. The molecule has 250 valence electrons. The van der Waals surface area contributed by atoms with Crippen LogP contribution in [0.25, 0.3) is 0 Å². The molecule has 0 spiro atoms. The molecular formula is C35H35Br2Cl2F2N3O3. The molecule has 0 aliphatic rings. The number of hydrogen-bond acceptors (Lipinski definition) is 4. The smallest absolute Gasteiger partial charge is 0.322 e. The zero-order chi connectivity index (χ0) is 34.6. The Balaban J connectivity index is 0.000000270. The number of rotatable bonds is 11. The van der Waals surface area contributed by atoms with Crippen LogP contribution in [0.5, 0.6) is 5.75 Å². The van der Waals surface area contributed by atoms with E-state index >= 15 is 0 Å². The first-order valence-electron chi connectivity index (χ1n) is 14.4. The normalized spacial score (nSPS) is 9.96. The van der Waals surface area contributed by atoms with E-state index in [9.17, 15) is 18.4 Å². The highest BCUT2D eigenvalue weighted by Crippen LogP contribution is 2.26. The Hall–Kier alpha value is -3.27. The van der Waals surface area contributed by atoms with Crippen LogP contribution in [-0.4, -0.2) is 37.5 Å². The number of aliphatic imine (C=N–C) groups is 1. The molecule has 2 amide bonds. The lowest BCUT2D eigenvalue weighted by atomic mass is 10.1. The third-order valence-electron chi connectivity index (χ3n) is 6.37. The summed E-state index contributed by atoms with van der Waals surface area (Å²) in [7, 11) is 1.67. The summed E-state index contributed by atoms with van der Waals surface area (Å²) in [6.45, 7) is 2.79. The van der Waals surface area contributed by atoms with Crippen LogP contribution in [0, 0.1) is 18.6 Å². The Morgan fingerprint density at radius 2 is 1.55 bits per heavy atom. The van der Waals surface area contributed by atoms with Crippen molar-refractivity contribution < 1.29 is 23.1 Å². The summed E-state index contributed by atoms with van der Waals surface area (Å²) in [6, 6.07) is 23.6. The van der Waals surface area contributed by atoms with Crippen molar-refractivity contribution in [2.75, 3.05) is 30.3 Å². The summed E-state index contributed by atoms with van der Waals surface area (Å²) in [5.41, 5.74) is 4.44. The molecule has 0 aromatic heterocycles. The summed E-state index contributed by atoms with van der Waals surface area (Å²) in [5, 5.41) is 2.79. The van der Waals surface area contributed by atoms with Gasteiger partial charge in [-0.25, -0.2) is 23.4 Å². The number of benzene rings is 4. The molecule has 0 fully saturated rings. The lowest BCUT2D eigenvalue weighted by Crippen LogP contribution is -2.41. The van der Waals surface area contributed by atoms with Gasteiger partial charge in [-0.15, -0.1) is 23.2 Å². The van der Waals surface area contributed by atoms with Crippen molar-refractivity contribution in [2.45, 2.75) is 32.9 Å². The number of halogens is 6. The standard InChI is InChI=1S/C17H17BrClFN2O.C10H12BrClO.C8H6FNO/c1-12-9-15(5-6-16(12)18)22(8-7-19)17(23)21-11-13-3-2-4-14(20)10-13;1-13-10-7-8(3-2-6-12)4-5-9(10)11;9-8-3-1-2-7(4-8)5-10-6-11/h2-6,9-10H,7-8,11H2,1H3,(H,21,23);4-5,7H,2-3,6H2,1H3;1-4H,5H2. The fourth-order valence-corrected chi connectivity index (χ4v) is 5.00. The van der Waals surface area contributed by atoms with Crippen molar-refractivity contribution in [3.8, 4) is 5.75 Å². The van der Waals surface area contributed by atoms with Gasteiger partial charge >= 0.3 is 6.03 Å². The molecule has 4 aromatic carbocycles. The fraction of sp³-hybridized carbons (Fsp3) is 0.257. The molecule has 0 saturated heterocycles. The molecule has 0 bridgehead atoms. The van der Waals surface area contributed by atoms with Crippen LogP contribution >= 0.6 is 55.1 Å². The van der Waals surface area contributed by atoms with E-state index in [-0.39, 0.29) is 30.8 Å². The number of urea groups is 1. The van der Waals surface area contributed by atoms with Crippen LogP contribution in [-0.2, 0) is 24.3 Å². The minimum absolute atomic E-state index is 0.196. The van der Waals surface area contributed by atoms with E-state index < -0.39 is 0 Å². The molecule has 0 radical (unpaired) electrons. The Bertz CT molecular complexity index is 1630. The monoisotopic (exact) mass is 811 g/mol. The number of alkyl halides is 2. The highest BCUT2D eigenvalue weighted by atomic mass is 79.9. The van der Waals surface area contributed by atoms with Gasteiger partial charge in [-0.2, -0.15) is 0 Å². The van der Waals surface area contributed by atoms with E-state index in [0.717, 1.165) is 38.8 Å². The highest BCUT2D eigenvalue weighted by molar-refractivity contribution is 9.10. The number of isocyanates is 1. The van der Waals surface area contributed by atoms with Crippen molar-refractivity contribution in [1.29, 1.82) is 0 Å². The number of anilines is 1. The Morgan fingerprint density at radius 1 is 0.894 bits per heavy atom. The number of hydrogen-bond donors (Lipinski definition) is 1. The maximum absolute atomic E-state index is 13.2. The van der Waals surface area contributed by atoms with Crippen LogP contribution in [0.15, 0.2) is 98.9 Å². The van der Waals surface area contributed by atoms with E-state index in [1.807, 2.05) is 37.3 Å². The molecule has 0 aliphatic heterocycles. The Morgan fingerprint density at radius 3 is 2.15 bits per heavy atom. The Kier molecular flexibility index (Phi) is 19.0. The topological polar surface area (TPSA) is 71.0 Å². The molecule has 47 heavy (non-hydrogen) atoms. The zero-order valence-corrected chi connectivity index (χ0v) is 30.6. The number of amides is 2. The molecule has 0 unspecified atom stereocenters. The lowest BCUT2D eigenvalue weighted by molar-refractivity contribution is 0.246. The number of aryl methyl sites for hydroxylation is 2. The van der Waals surface area contributed by atoms with Crippen LogP contribution in [0.2, 0.25) is 0 Å². The SMILES string of the molecule is COc1cc(CCCCl)ccc1Br.Cc1cc(N(CCCl)C(=O)NCc2cccc(F)c2)ccc1Br.O=C=NCc1cccc(F)c1. The van der Waals surface area contributed by atoms with Crippen molar-refractivity contribution in [1.82, 2.24) is 5.32 Å². The maximum atomic E-state index is 13.2. The molecule has 4 rings (SSSR count). The van der Waals surface area contributed by atoms with Gasteiger partial charge in [0.25, 0.3) is 0 Å². The van der Waals surface area contributed by atoms with Gasteiger partial charge in [-0.1, -0.05) is 46.3 Å². The minimum atomic E-state index is -0.321. The van der Waals surface area contributed by atoms with E-state index in [1.54, 1.807) is 36.3 Å². The average Bonchev–Trinajstić information content (AvgIpc) is 3.07. The second kappa shape index (κ2) is 22.3. The van der Waals surface area contributed by atoms with Crippen LogP contribution < -0.4 is 15.0 Å². The van der Waals surface area contributed by atoms with Crippen molar-refractivity contribution in [3.05, 3.63) is 128 Å². The lowest BCUT2D eigenvalue weighted by Gasteiger charge is -2.23. The first kappa shape index (κ1) is 39.9. The molecule has 0 heterocycles. The summed E-state index contributed by atoms with van der Waals surface area (Å²) in [5.74, 6) is 1.27. The van der Waals surface area contributed by atoms with Crippen molar-refractivity contribution in [2.24, 2.45) is 4.99 Å². The third-order valence-corrected chi connectivity index (χ3v) is 8.35. The van der Waals surface area contributed by atoms with E-state index in [4.69, 9.17) is 27.9 Å². The average molecular weight is 814 g/mol. The predicted molar refractivity (Wildman–Crippen MR) is 194 cm³/mol. The molecule has 4 aromatic rings. The molecule has 0 atom stereocenters. The van der Waals surface area contributed by atoms with Gasteiger partial charge in [0.05, 0.1) is 18.1 Å². The maximum Gasteiger partial charge on any atom is 0.322 e. The van der Waals surface area contributed by atoms with Gasteiger partial charge < -0.3 is 10.1 Å². The molecule has 12 heteroatoms. The van der Waals surface area contributed by atoms with E-state index in [1.165, 1.54) is 35.9 Å². The van der Waals surface area contributed by atoms with Crippen LogP contribution in [0.4, 0.5) is 19.3 Å². The van der Waals surface area contributed by atoms with Gasteiger partial charge in [-0.05, 0) is 113 Å². The summed E-state index contributed by atoms with van der Waals surface area (Å²) in [6.07, 6.45) is 3.40. The van der Waals surface area contributed by atoms with Gasteiger partial charge in [0, 0.05) is 35.0 Å². The molecule has 0 saturated carbocycles. The summed E-state index contributed by atoms with van der Waals surface area (Å²) in [4.78, 5) is 27.0. The van der Waals surface area contributed by atoms with Gasteiger partial charge in [0.1, 0.15) is 17.4 Å². The number of nitrogens with one attached hydrogen (secondary N) is 1. The zero-order valence-electron chi connectivity index (χ0n) is 25.9. The van der Waals surface area contributed by atoms with Gasteiger partial charge in [-0.3, -0.25) is 4.90 Å². The summed E-state index contributed by atoms with van der Waals surface area (Å²) < 4.78 is 32.8. The van der Waals surface area contributed by atoms with E-state index in [0.29, 0.717) is 29.4 Å². The van der Waals surface area contributed by atoms with Crippen molar-refractivity contribution >= 4 is 72.9 Å². The van der Waals surface area contributed by atoms with Gasteiger partial charge in [0.15, 0.2) is 0 Å². The van der Waals surface area contributed by atoms with E-state index in [2.05, 4.69) is 48.2 Å². The Labute approximate surface area is 301 Å². The number of nitrogens with zero attached hydrogens (tertiary/aromatic N) is 2. The first-order valence-corrected chi connectivity index (χ1v) is 17.1. The van der Waals surface area contributed by atoms with Crippen LogP contribution in [0.1, 0.15) is 28.7 Å². The number of carbonyl (C=O) groups is 1. The first-order chi connectivity index (χ1) is 22.6. The minimum Gasteiger partial charge on any atom is -0.496 e.